The van der Waals surface area contributed by atoms with Gasteiger partial charge in [0.05, 0.1) is 6.42 Å². The fraction of sp³-hybridized carbons (Fsp3) is 0.533. The fourth-order valence-electron chi connectivity index (χ4n) is 2.15. The summed E-state index contributed by atoms with van der Waals surface area (Å²) in [4.78, 5) is 12.9. The van der Waals surface area contributed by atoms with Gasteiger partial charge in [0.25, 0.3) is 0 Å². The highest BCUT2D eigenvalue weighted by Crippen LogP contribution is 2.26. The molecule has 0 aromatic heterocycles. The molecule has 1 aliphatic carbocycles. The van der Waals surface area contributed by atoms with Crippen molar-refractivity contribution in [2.24, 2.45) is 0 Å². The van der Waals surface area contributed by atoms with Gasteiger partial charge in [-0.3, -0.25) is 9.69 Å². The van der Waals surface area contributed by atoms with E-state index in [4.69, 9.17) is 9.84 Å². The van der Waals surface area contributed by atoms with Gasteiger partial charge in [0, 0.05) is 19.1 Å². The smallest absolute Gasteiger partial charge is 0.304 e. The van der Waals surface area contributed by atoms with Gasteiger partial charge >= 0.3 is 5.97 Å². The van der Waals surface area contributed by atoms with Crippen LogP contribution in [0.5, 0.6) is 5.75 Å². The Kier molecular flexibility index (Phi) is 4.80. The van der Waals surface area contributed by atoms with Gasteiger partial charge in [-0.1, -0.05) is 18.2 Å². The summed E-state index contributed by atoms with van der Waals surface area (Å²) < 4.78 is 5.76. The summed E-state index contributed by atoms with van der Waals surface area (Å²) in [5, 5.41) is 8.75. The highest BCUT2D eigenvalue weighted by molar-refractivity contribution is 5.66. The van der Waals surface area contributed by atoms with Crippen molar-refractivity contribution in [2.45, 2.75) is 32.2 Å². The van der Waals surface area contributed by atoms with Crippen molar-refractivity contribution in [3.63, 3.8) is 0 Å². The van der Waals surface area contributed by atoms with E-state index in [1.165, 1.54) is 12.8 Å². The molecule has 1 fully saturated rings. The summed E-state index contributed by atoms with van der Waals surface area (Å²) in [6, 6.07) is 8.52. The van der Waals surface area contributed by atoms with Gasteiger partial charge in [-0.2, -0.15) is 0 Å². The zero-order valence-electron chi connectivity index (χ0n) is 11.3. The predicted octanol–water partition coefficient (Wildman–Crippen LogP) is 2.31. The molecule has 104 valence electrons. The van der Waals surface area contributed by atoms with E-state index in [2.05, 4.69) is 4.90 Å². The molecule has 4 nitrogen and oxygen atoms in total. The van der Waals surface area contributed by atoms with Crippen molar-refractivity contribution in [1.29, 1.82) is 0 Å². The van der Waals surface area contributed by atoms with Gasteiger partial charge in [0.1, 0.15) is 12.4 Å². The number of carbonyl (C=O) groups is 1. The molecule has 0 radical (unpaired) electrons. The van der Waals surface area contributed by atoms with Gasteiger partial charge < -0.3 is 9.84 Å². The molecule has 0 saturated heterocycles. The van der Waals surface area contributed by atoms with E-state index in [0.717, 1.165) is 17.9 Å². The minimum absolute atomic E-state index is 0.209. The maximum Gasteiger partial charge on any atom is 0.304 e. The Morgan fingerprint density at radius 2 is 2.11 bits per heavy atom. The number of aliphatic carboxylic acids is 1. The molecule has 1 aromatic carbocycles. The number of nitrogens with zero attached hydrogens (tertiary/aromatic N) is 1. The van der Waals surface area contributed by atoms with Gasteiger partial charge in [-0.05, 0) is 31.4 Å². The lowest BCUT2D eigenvalue weighted by Crippen LogP contribution is -2.32. The third-order valence-electron chi connectivity index (χ3n) is 3.41. The van der Waals surface area contributed by atoms with E-state index in [0.29, 0.717) is 19.2 Å². The topological polar surface area (TPSA) is 49.8 Å². The van der Waals surface area contributed by atoms with Crippen LogP contribution < -0.4 is 4.74 Å². The van der Waals surface area contributed by atoms with E-state index in [-0.39, 0.29) is 6.42 Å². The van der Waals surface area contributed by atoms with Gasteiger partial charge in [0.15, 0.2) is 0 Å². The van der Waals surface area contributed by atoms with Crippen LogP contribution in [0.15, 0.2) is 24.3 Å². The Morgan fingerprint density at radius 1 is 1.37 bits per heavy atom. The number of para-hydroxylation sites is 1. The van der Waals surface area contributed by atoms with Crippen LogP contribution in [0.1, 0.15) is 24.8 Å². The van der Waals surface area contributed by atoms with Crippen LogP contribution in [0.4, 0.5) is 0 Å². The molecule has 1 aromatic rings. The zero-order chi connectivity index (χ0) is 13.7. The minimum atomic E-state index is -0.731. The Labute approximate surface area is 114 Å². The maximum atomic E-state index is 10.6. The summed E-state index contributed by atoms with van der Waals surface area (Å²) in [6.45, 7) is 4.06. The summed E-state index contributed by atoms with van der Waals surface area (Å²) in [6.07, 6.45) is 2.58. The molecular formula is C15H21NO3. The third kappa shape index (κ3) is 4.56. The maximum absolute atomic E-state index is 10.6. The highest BCUT2D eigenvalue weighted by Gasteiger charge is 2.28. The van der Waals surface area contributed by atoms with E-state index in [1.807, 2.05) is 31.2 Å². The number of hydrogen-bond acceptors (Lipinski definition) is 3. The average molecular weight is 263 g/mol. The molecule has 1 saturated carbocycles. The average Bonchev–Trinajstić information content (AvgIpc) is 3.19. The van der Waals surface area contributed by atoms with Crippen LogP contribution in [0.2, 0.25) is 0 Å². The summed E-state index contributed by atoms with van der Waals surface area (Å²) in [5.74, 6) is 0.182. The SMILES string of the molecule is Cc1ccccc1OCCN(CCC(=O)O)C1CC1. The predicted molar refractivity (Wildman–Crippen MR) is 73.5 cm³/mol. The summed E-state index contributed by atoms with van der Waals surface area (Å²) >= 11 is 0. The first kappa shape index (κ1) is 13.9. The molecule has 0 atom stereocenters. The molecule has 2 rings (SSSR count). The largest absolute Gasteiger partial charge is 0.492 e. The number of benzene rings is 1. The highest BCUT2D eigenvalue weighted by atomic mass is 16.5. The molecule has 0 amide bonds. The normalized spacial score (nSPS) is 14.6. The fourth-order valence-corrected chi connectivity index (χ4v) is 2.15. The first-order valence-corrected chi connectivity index (χ1v) is 6.81. The second-order valence-electron chi connectivity index (χ2n) is 5.02. The molecule has 1 aliphatic rings. The Morgan fingerprint density at radius 3 is 2.74 bits per heavy atom. The second-order valence-corrected chi connectivity index (χ2v) is 5.02. The number of aryl methyl sites for hydroxylation is 1. The van der Waals surface area contributed by atoms with Crippen LogP contribution in [0.3, 0.4) is 0 Å². The molecule has 0 bridgehead atoms. The molecule has 0 heterocycles. The van der Waals surface area contributed by atoms with Crippen LogP contribution in [0, 0.1) is 6.92 Å². The first-order valence-electron chi connectivity index (χ1n) is 6.81. The van der Waals surface area contributed by atoms with Crippen molar-refractivity contribution >= 4 is 5.97 Å². The third-order valence-corrected chi connectivity index (χ3v) is 3.41. The standard InChI is InChI=1S/C15H21NO3/c1-12-4-2-3-5-14(12)19-11-10-16(13-6-7-13)9-8-15(17)18/h2-5,13H,6-11H2,1H3,(H,17,18). The lowest BCUT2D eigenvalue weighted by molar-refractivity contribution is -0.137. The van der Waals surface area contributed by atoms with Crippen molar-refractivity contribution in [1.82, 2.24) is 4.90 Å². The van der Waals surface area contributed by atoms with E-state index < -0.39 is 5.97 Å². The quantitative estimate of drug-likeness (QED) is 0.782. The monoisotopic (exact) mass is 263 g/mol. The molecule has 4 heteroatoms. The van der Waals surface area contributed by atoms with Crippen LogP contribution in [0.25, 0.3) is 0 Å². The number of hydrogen-bond donors (Lipinski definition) is 1. The Balaban J connectivity index is 1.76. The zero-order valence-corrected chi connectivity index (χ0v) is 11.3. The molecular weight excluding hydrogens is 242 g/mol. The number of rotatable bonds is 8. The number of carboxylic acid groups (broad SMARTS) is 1. The van der Waals surface area contributed by atoms with Crippen LogP contribution in [-0.4, -0.2) is 41.7 Å². The van der Waals surface area contributed by atoms with Gasteiger partial charge in [0.2, 0.25) is 0 Å². The molecule has 0 aliphatic heterocycles. The van der Waals surface area contributed by atoms with E-state index >= 15 is 0 Å². The van der Waals surface area contributed by atoms with Gasteiger partial charge in [-0.15, -0.1) is 0 Å². The molecule has 0 unspecified atom stereocenters. The lowest BCUT2D eigenvalue weighted by Gasteiger charge is -2.21. The van der Waals surface area contributed by atoms with Crippen molar-refractivity contribution in [3.05, 3.63) is 29.8 Å². The van der Waals surface area contributed by atoms with Gasteiger partial charge in [-0.25, -0.2) is 0 Å². The molecule has 19 heavy (non-hydrogen) atoms. The van der Waals surface area contributed by atoms with Crippen molar-refractivity contribution in [3.8, 4) is 5.75 Å². The lowest BCUT2D eigenvalue weighted by atomic mass is 10.2. The molecule has 1 N–H and O–H groups in total. The second kappa shape index (κ2) is 6.57. The van der Waals surface area contributed by atoms with Crippen molar-refractivity contribution < 1.29 is 14.6 Å². The Bertz CT molecular complexity index is 429. The Hall–Kier alpha value is -1.55. The summed E-state index contributed by atoms with van der Waals surface area (Å²) in [7, 11) is 0. The van der Waals surface area contributed by atoms with E-state index in [1.54, 1.807) is 0 Å². The van der Waals surface area contributed by atoms with Crippen LogP contribution in [-0.2, 0) is 4.79 Å². The number of ether oxygens (including phenoxy) is 1. The minimum Gasteiger partial charge on any atom is -0.492 e. The molecule has 0 spiro atoms. The number of carboxylic acids is 1. The van der Waals surface area contributed by atoms with Crippen LogP contribution >= 0.6 is 0 Å². The van der Waals surface area contributed by atoms with E-state index in [9.17, 15) is 4.79 Å². The first-order chi connectivity index (χ1) is 9.16. The summed E-state index contributed by atoms with van der Waals surface area (Å²) in [5.41, 5.74) is 1.13. The van der Waals surface area contributed by atoms with Crippen molar-refractivity contribution in [2.75, 3.05) is 19.7 Å².